The van der Waals surface area contributed by atoms with Crippen LogP contribution < -0.4 is 4.74 Å². The number of piperidine rings is 1. The first-order valence-electron chi connectivity index (χ1n) is 9.50. The largest absolute Gasteiger partial charge is 0.573 e. The number of aromatic amines is 1. The number of likely N-dealkylation sites (tertiary alicyclic amines) is 1. The van der Waals surface area contributed by atoms with Crippen molar-refractivity contribution in [3.8, 4) is 5.75 Å². The van der Waals surface area contributed by atoms with Gasteiger partial charge in [-0.25, -0.2) is 0 Å². The average Bonchev–Trinajstić information content (AvgIpc) is 3.10. The van der Waals surface area contributed by atoms with E-state index in [1.807, 2.05) is 18.3 Å². The van der Waals surface area contributed by atoms with Crippen molar-refractivity contribution in [3.63, 3.8) is 0 Å². The number of H-pyrrole nitrogens is 1. The standard InChI is InChI=1S/C22H21F3N2O2/c1-27-10-8-14(9-11-27)19-13-26-20-7-4-16(12-18(19)20)21(28)15-2-5-17(6-3-15)29-22(23,24)25/h2-7,12-14,26H,8-11H2,1H3. The molecule has 7 heteroatoms. The molecule has 2 heterocycles. The molecule has 1 fully saturated rings. The third kappa shape index (κ3) is 4.29. The fourth-order valence-corrected chi connectivity index (χ4v) is 3.92. The zero-order valence-corrected chi connectivity index (χ0v) is 15.9. The lowest BCUT2D eigenvalue weighted by atomic mass is 9.88. The smallest absolute Gasteiger partial charge is 0.406 e. The van der Waals surface area contributed by atoms with Crippen LogP contribution in [0.4, 0.5) is 13.2 Å². The number of alkyl halides is 3. The molecule has 1 aliphatic rings. The number of fused-ring (bicyclic) bond motifs is 1. The zero-order chi connectivity index (χ0) is 20.6. The molecule has 1 aromatic heterocycles. The third-order valence-corrected chi connectivity index (χ3v) is 5.48. The highest BCUT2D eigenvalue weighted by Crippen LogP contribution is 2.33. The van der Waals surface area contributed by atoms with Crippen LogP contribution in [-0.4, -0.2) is 42.2 Å². The molecule has 2 aromatic carbocycles. The van der Waals surface area contributed by atoms with Gasteiger partial charge in [0.15, 0.2) is 5.78 Å². The molecule has 152 valence electrons. The summed E-state index contributed by atoms with van der Waals surface area (Å²) in [6.45, 7) is 2.09. The summed E-state index contributed by atoms with van der Waals surface area (Å²) in [5.41, 5.74) is 3.02. The molecule has 0 radical (unpaired) electrons. The lowest BCUT2D eigenvalue weighted by Gasteiger charge is -2.28. The van der Waals surface area contributed by atoms with Gasteiger partial charge >= 0.3 is 6.36 Å². The van der Waals surface area contributed by atoms with E-state index in [0.29, 0.717) is 17.0 Å². The van der Waals surface area contributed by atoms with E-state index in [-0.39, 0.29) is 11.5 Å². The molecule has 0 aliphatic carbocycles. The van der Waals surface area contributed by atoms with E-state index < -0.39 is 6.36 Å². The Morgan fingerprint density at radius 3 is 2.38 bits per heavy atom. The molecule has 0 unspecified atom stereocenters. The number of hydrogen-bond donors (Lipinski definition) is 1. The number of nitrogens with zero attached hydrogens (tertiary/aromatic N) is 1. The predicted molar refractivity (Wildman–Crippen MR) is 104 cm³/mol. The van der Waals surface area contributed by atoms with Crippen molar-refractivity contribution < 1.29 is 22.7 Å². The monoisotopic (exact) mass is 402 g/mol. The summed E-state index contributed by atoms with van der Waals surface area (Å²) < 4.78 is 40.8. The molecule has 0 bridgehead atoms. The highest BCUT2D eigenvalue weighted by Gasteiger charge is 2.31. The number of carbonyl (C=O) groups excluding carboxylic acids is 1. The second kappa shape index (κ2) is 7.55. The molecule has 0 saturated carbocycles. The Balaban J connectivity index is 1.59. The lowest BCUT2D eigenvalue weighted by molar-refractivity contribution is -0.274. The van der Waals surface area contributed by atoms with E-state index in [9.17, 15) is 18.0 Å². The van der Waals surface area contributed by atoms with Crippen LogP contribution in [0.25, 0.3) is 10.9 Å². The van der Waals surface area contributed by atoms with E-state index in [0.717, 1.165) is 49.0 Å². The van der Waals surface area contributed by atoms with E-state index in [4.69, 9.17) is 0 Å². The molecule has 3 aromatic rings. The van der Waals surface area contributed by atoms with Crippen molar-refractivity contribution in [2.75, 3.05) is 20.1 Å². The number of nitrogens with one attached hydrogen (secondary N) is 1. The van der Waals surface area contributed by atoms with Crippen molar-refractivity contribution in [3.05, 3.63) is 65.4 Å². The molecular weight excluding hydrogens is 381 g/mol. The SMILES string of the molecule is CN1CCC(c2c[nH]c3ccc(C(=O)c4ccc(OC(F)(F)F)cc4)cc23)CC1. The zero-order valence-electron chi connectivity index (χ0n) is 15.9. The van der Waals surface area contributed by atoms with Crippen molar-refractivity contribution in [2.24, 2.45) is 0 Å². The summed E-state index contributed by atoms with van der Waals surface area (Å²) in [6.07, 6.45) is -0.585. The molecule has 0 spiro atoms. The van der Waals surface area contributed by atoms with Gasteiger partial charge in [-0.3, -0.25) is 4.79 Å². The van der Waals surface area contributed by atoms with E-state index in [1.165, 1.54) is 17.7 Å². The van der Waals surface area contributed by atoms with Crippen LogP contribution >= 0.6 is 0 Å². The first-order valence-corrected chi connectivity index (χ1v) is 9.50. The highest BCUT2D eigenvalue weighted by molar-refractivity contribution is 6.10. The molecule has 4 rings (SSSR count). The Kier molecular flexibility index (Phi) is 5.08. The van der Waals surface area contributed by atoms with Crippen LogP contribution in [-0.2, 0) is 0 Å². The van der Waals surface area contributed by atoms with Gasteiger partial charge in [0, 0.05) is 28.2 Å². The van der Waals surface area contributed by atoms with E-state index >= 15 is 0 Å². The lowest BCUT2D eigenvalue weighted by Crippen LogP contribution is -2.29. The Morgan fingerprint density at radius 1 is 1.07 bits per heavy atom. The number of hydrogen-bond acceptors (Lipinski definition) is 3. The number of aromatic nitrogens is 1. The quantitative estimate of drug-likeness (QED) is 0.617. The number of halogens is 3. The van der Waals surface area contributed by atoms with Crippen molar-refractivity contribution in [1.82, 2.24) is 9.88 Å². The van der Waals surface area contributed by atoms with Gasteiger partial charge in [0.05, 0.1) is 0 Å². The van der Waals surface area contributed by atoms with E-state index in [1.54, 1.807) is 6.07 Å². The first-order chi connectivity index (χ1) is 13.8. The van der Waals surface area contributed by atoms with Gasteiger partial charge in [0.1, 0.15) is 5.75 Å². The normalized spacial score (nSPS) is 16.3. The number of benzene rings is 2. The summed E-state index contributed by atoms with van der Waals surface area (Å²) in [4.78, 5) is 18.5. The molecule has 1 N–H and O–H groups in total. The van der Waals surface area contributed by atoms with E-state index in [2.05, 4.69) is 21.7 Å². The molecule has 4 nitrogen and oxygen atoms in total. The van der Waals surface area contributed by atoms with Crippen LogP contribution in [0.15, 0.2) is 48.7 Å². The van der Waals surface area contributed by atoms with Gasteiger partial charge in [-0.15, -0.1) is 13.2 Å². The summed E-state index contributed by atoms with van der Waals surface area (Å²) >= 11 is 0. The summed E-state index contributed by atoms with van der Waals surface area (Å²) in [5.74, 6) is -0.134. The van der Waals surface area contributed by atoms with Crippen LogP contribution in [0.1, 0.15) is 40.2 Å². The third-order valence-electron chi connectivity index (χ3n) is 5.48. The molecule has 0 amide bonds. The number of carbonyl (C=O) groups is 1. The molecule has 0 atom stereocenters. The van der Waals surface area contributed by atoms with Gasteiger partial charge in [-0.2, -0.15) is 0 Å². The Hall–Kier alpha value is -2.80. The van der Waals surface area contributed by atoms with Gasteiger partial charge < -0.3 is 14.6 Å². The van der Waals surface area contributed by atoms with Crippen LogP contribution in [0.2, 0.25) is 0 Å². The van der Waals surface area contributed by atoms with Crippen LogP contribution in [0.3, 0.4) is 0 Å². The Morgan fingerprint density at radius 2 is 1.72 bits per heavy atom. The maximum Gasteiger partial charge on any atom is 0.573 e. The average molecular weight is 402 g/mol. The first kappa shape index (κ1) is 19.5. The summed E-state index contributed by atoms with van der Waals surface area (Å²) in [5, 5.41) is 1.03. The highest BCUT2D eigenvalue weighted by atomic mass is 19.4. The van der Waals surface area contributed by atoms with Crippen LogP contribution in [0, 0.1) is 0 Å². The fraction of sp³-hybridized carbons (Fsp3) is 0.318. The Bertz CT molecular complexity index is 1020. The van der Waals surface area contributed by atoms with Gasteiger partial charge in [-0.1, -0.05) is 0 Å². The minimum Gasteiger partial charge on any atom is -0.406 e. The second-order valence-electron chi connectivity index (χ2n) is 7.48. The van der Waals surface area contributed by atoms with Gasteiger partial charge in [0.2, 0.25) is 0 Å². The maximum atomic E-state index is 12.9. The topological polar surface area (TPSA) is 45.3 Å². The number of ether oxygens (including phenoxy) is 1. The fourth-order valence-electron chi connectivity index (χ4n) is 3.92. The van der Waals surface area contributed by atoms with Gasteiger partial charge in [0.25, 0.3) is 0 Å². The van der Waals surface area contributed by atoms with Crippen molar-refractivity contribution >= 4 is 16.7 Å². The summed E-state index contributed by atoms with van der Waals surface area (Å²) in [7, 11) is 2.12. The molecule has 29 heavy (non-hydrogen) atoms. The predicted octanol–water partition coefficient (Wildman–Crippen LogP) is 5.11. The second-order valence-corrected chi connectivity index (χ2v) is 7.48. The van der Waals surface area contributed by atoms with Gasteiger partial charge in [-0.05, 0) is 86.9 Å². The molecule has 1 aliphatic heterocycles. The van der Waals surface area contributed by atoms with Crippen molar-refractivity contribution in [2.45, 2.75) is 25.1 Å². The number of rotatable bonds is 4. The summed E-state index contributed by atoms with van der Waals surface area (Å²) in [6, 6.07) is 10.5. The minimum atomic E-state index is -4.75. The minimum absolute atomic E-state index is 0.235. The van der Waals surface area contributed by atoms with Crippen LogP contribution in [0.5, 0.6) is 5.75 Å². The maximum absolute atomic E-state index is 12.9. The Labute approximate surface area is 166 Å². The van der Waals surface area contributed by atoms with Crippen molar-refractivity contribution in [1.29, 1.82) is 0 Å². The molecular formula is C22H21F3N2O2. The number of ketones is 1. The molecule has 1 saturated heterocycles.